The van der Waals surface area contributed by atoms with Gasteiger partial charge >= 0.3 is 120 Å². The summed E-state index contributed by atoms with van der Waals surface area (Å²) in [6, 6.07) is 52.8. The van der Waals surface area contributed by atoms with Gasteiger partial charge in [0.05, 0.1) is 22.4 Å². The van der Waals surface area contributed by atoms with Gasteiger partial charge in [-0.25, -0.2) is 0 Å². The molecule has 3 heterocycles. The summed E-state index contributed by atoms with van der Waals surface area (Å²) < 4.78 is 18.6. The third-order valence-corrected chi connectivity index (χ3v) is 15.3. The molecule has 1 radical (unpaired) electrons. The SMILES string of the molecule is CC(C)c1cc(-c2ccccc2)cc(C(C)C)c1-n1c(-c2[c-]ccc3c2oc2ccccc23)nc2ccccc21.[2H]C(C)(C)c1cc(-c2[c-]cccc2)nc[c]1[Ge]([CH3])([CH3])[CH3].[Ir]. The fraction of sp³-hybridized carbons (Fsp3) is 0.222. The summed E-state index contributed by atoms with van der Waals surface area (Å²) >= 11 is -2.03. The molecule has 6 heteroatoms. The van der Waals surface area contributed by atoms with E-state index in [0.717, 1.165) is 61.2 Å². The van der Waals surface area contributed by atoms with Crippen LogP contribution in [0.3, 0.4) is 0 Å². The molecule has 0 saturated carbocycles. The molecule has 0 spiro atoms. The number of para-hydroxylation sites is 3. The minimum Gasteiger partial charge on any atom is 0 e. The Hall–Kier alpha value is -5.07. The second-order valence-electron chi connectivity index (χ2n) is 17.3. The van der Waals surface area contributed by atoms with Crippen LogP contribution in [0.5, 0.6) is 0 Å². The minimum atomic E-state index is -2.03. The molecule has 0 bridgehead atoms. The van der Waals surface area contributed by atoms with Crippen LogP contribution in [0.15, 0.2) is 144 Å². The third kappa shape index (κ3) is 8.46. The van der Waals surface area contributed by atoms with Gasteiger partial charge in [0.2, 0.25) is 0 Å². The van der Waals surface area contributed by atoms with Crippen molar-refractivity contribution in [2.24, 2.45) is 0 Å². The van der Waals surface area contributed by atoms with E-state index in [0.29, 0.717) is 11.8 Å². The van der Waals surface area contributed by atoms with Gasteiger partial charge in [-0.1, -0.05) is 99.3 Å². The average Bonchev–Trinajstić information content (AvgIpc) is 3.82. The van der Waals surface area contributed by atoms with Crippen LogP contribution in [0.4, 0.5) is 0 Å². The maximum atomic E-state index is 8.44. The van der Waals surface area contributed by atoms with Crippen LogP contribution in [0.1, 0.15) is 77.3 Å². The van der Waals surface area contributed by atoms with Crippen molar-refractivity contribution in [1.29, 1.82) is 0 Å². The zero-order valence-corrected chi connectivity index (χ0v) is 40.5. The quantitative estimate of drug-likeness (QED) is 0.113. The van der Waals surface area contributed by atoms with Crippen molar-refractivity contribution >= 4 is 50.6 Å². The molecular formula is C54H53GeIrN3O-2. The normalized spacial score (nSPS) is 12.2. The molecule has 0 aliphatic rings. The topological polar surface area (TPSA) is 43.9 Å². The smallest absolute Gasteiger partial charge is 0 e. The molecule has 0 amide bonds. The molecule has 9 aromatic rings. The molecule has 0 atom stereocenters. The van der Waals surface area contributed by atoms with Crippen molar-refractivity contribution in [3.8, 4) is 39.5 Å². The summed E-state index contributed by atoms with van der Waals surface area (Å²) in [5.41, 5.74) is 13.9. The van der Waals surface area contributed by atoms with Gasteiger partial charge in [-0.15, -0.1) is 18.2 Å². The van der Waals surface area contributed by atoms with Gasteiger partial charge in [0, 0.05) is 31.2 Å². The Morgan fingerprint density at radius 2 is 1.33 bits per heavy atom. The fourth-order valence-corrected chi connectivity index (χ4v) is 11.4. The summed E-state index contributed by atoms with van der Waals surface area (Å²) in [6.07, 6.45) is 2.00. The summed E-state index contributed by atoms with van der Waals surface area (Å²) in [7, 11) is 0. The maximum absolute atomic E-state index is 8.44. The van der Waals surface area contributed by atoms with Crippen LogP contribution in [0, 0.1) is 12.1 Å². The van der Waals surface area contributed by atoms with E-state index < -0.39 is 19.2 Å². The van der Waals surface area contributed by atoms with E-state index in [1.165, 1.54) is 32.3 Å². The van der Waals surface area contributed by atoms with E-state index in [-0.39, 0.29) is 20.1 Å². The van der Waals surface area contributed by atoms with Crippen molar-refractivity contribution in [2.45, 2.75) is 76.5 Å². The predicted octanol–water partition coefficient (Wildman–Crippen LogP) is 14.5. The first kappa shape index (κ1) is 41.7. The number of pyridine rings is 1. The number of rotatable bonds is 8. The molecule has 0 N–H and O–H groups in total. The second kappa shape index (κ2) is 17.9. The van der Waals surface area contributed by atoms with Crippen molar-refractivity contribution in [2.75, 3.05) is 0 Å². The summed E-state index contributed by atoms with van der Waals surface area (Å²) in [4.78, 5) is 9.85. The number of fused-ring (bicyclic) bond motifs is 4. The van der Waals surface area contributed by atoms with E-state index in [9.17, 15) is 0 Å². The number of imidazole rings is 1. The Labute approximate surface area is 373 Å². The molecule has 0 fully saturated rings. The van der Waals surface area contributed by atoms with Gasteiger partial charge in [-0.2, -0.15) is 0 Å². The maximum Gasteiger partial charge on any atom is 0 e. The van der Waals surface area contributed by atoms with Gasteiger partial charge in [0.25, 0.3) is 0 Å². The number of hydrogen-bond donors (Lipinski definition) is 0. The molecule has 305 valence electrons. The van der Waals surface area contributed by atoms with E-state index in [2.05, 4.69) is 158 Å². The largest absolute Gasteiger partial charge is 0 e. The Balaban J connectivity index is 0.000000226. The fourth-order valence-electron chi connectivity index (χ4n) is 8.06. The first-order valence-electron chi connectivity index (χ1n) is 21.2. The van der Waals surface area contributed by atoms with Crippen LogP contribution in [0.2, 0.25) is 17.3 Å². The average molecular weight is 1030 g/mol. The van der Waals surface area contributed by atoms with Crippen molar-refractivity contribution in [3.05, 3.63) is 168 Å². The summed E-state index contributed by atoms with van der Waals surface area (Å²) in [5.74, 6) is 7.90. The first-order valence-corrected chi connectivity index (χ1v) is 28.1. The third-order valence-electron chi connectivity index (χ3n) is 11.1. The summed E-state index contributed by atoms with van der Waals surface area (Å²) in [6.45, 7) is 13.0. The zero-order chi connectivity index (χ0) is 42.3. The Bertz CT molecular complexity index is 2930. The molecule has 6 aromatic carbocycles. The van der Waals surface area contributed by atoms with Crippen LogP contribution in [-0.4, -0.2) is 27.8 Å². The van der Waals surface area contributed by atoms with Crippen molar-refractivity contribution < 1.29 is 25.9 Å². The molecule has 0 aliphatic heterocycles. The van der Waals surface area contributed by atoms with Gasteiger partial charge in [-0.05, 0) is 64.4 Å². The van der Waals surface area contributed by atoms with E-state index >= 15 is 0 Å². The number of benzene rings is 6. The van der Waals surface area contributed by atoms with Gasteiger partial charge in [0.1, 0.15) is 5.58 Å². The molecule has 0 saturated heterocycles. The monoisotopic (exact) mass is 1030 g/mol. The number of hydrogen-bond acceptors (Lipinski definition) is 3. The van der Waals surface area contributed by atoms with Gasteiger partial charge in [-0.3, -0.25) is 4.98 Å². The molecule has 4 nitrogen and oxygen atoms in total. The first-order chi connectivity index (χ1) is 28.7. The number of nitrogens with zero attached hydrogens (tertiary/aromatic N) is 3. The number of aromatic nitrogens is 3. The standard InChI is InChI=1S/C37H31N2O.C17H22GeN.Ir/c1-23(2)30-21-26(25-13-6-5-7-14-25)22-31(24(3)4)35(30)39-33-19-10-9-18-32(33)38-37(39)29-17-12-16-28-27-15-8-11-20-34(27)40-36(28)29;1-13(2)15-11-17(14-9-7-6-8-10-14)19-12-16(15)18(3,4)5;/h5-16,18-24H,1-4H3;6-9,11-13H,1-5H3;/q2*-1;/i;13D;. The van der Waals surface area contributed by atoms with Gasteiger partial charge in [0.15, 0.2) is 0 Å². The Morgan fingerprint density at radius 1 is 0.667 bits per heavy atom. The van der Waals surface area contributed by atoms with Crippen molar-refractivity contribution in [1.82, 2.24) is 14.5 Å². The summed E-state index contributed by atoms with van der Waals surface area (Å²) in [5, 5.41) is 2.18. The Morgan fingerprint density at radius 3 is 2.00 bits per heavy atom. The van der Waals surface area contributed by atoms with E-state index in [1.807, 2.05) is 62.5 Å². The predicted molar refractivity (Wildman–Crippen MR) is 252 cm³/mol. The molecular weight excluding hydrogens is 971 g/mol. The molecule has 9 rings (SSSR count). The van der Waals surface area contributed by atoms with E-state index in [1.54, 1.807) is 0 Å². The zero-order valence-electron chi connectivity index (χ0n) is 37.0. The molecule has 0 aliphatic carbocycles. The Kier molecular flexibility index (Phi) is 12.4. The van der Waals surface area contributed by atoms with E-state index in [4.69, 9.17) is 10.8 Å². The van der Waals surface area contributed by atoms with Crippen LogP contribution in [0.25, 0.3) is 72.4 Å². The van der Waals surface area contributed by atoms with Crippen LogP contribution >= 0.6 is 0 Å². The minimum absolute atomic E-state index is 0. The van der Waals surface area contributed by atoms with Crippen LogP contribution in [-0.2, 0) is 20.1 Å². The second-order valence-corrected chi connectivity index (χ2v) is 27.8. The van der Waals surface area contributed by atoms with Crippen molar-refractivity contribution in [3.63, 3.8) is 0 Å². The molecule has 3 aromatic heterocycles. The molecule has 0 unspecified atom stereocenters. The van der Waals surface area contributed by atoms with Crippen LogP contribution < -0.4 is 4.40 Å². The molecule has 60 heavy (non-hydrogen) atoms. The number of furan rings is 1. The van der Waals surface area contributed by atoms with Gasteiger partial charge < -0.3 is 8.98 Å².